The summed E-state index contributed by atoms with van der Waals surface area (Å²) in [6, 6.07) is 0. The number of nitrogens with zero attached hydrogens (tertiary/aromatic N) is 2. The molecule has 1 aromatic rings. The molecule has 4 nitrogen and oxygen atoms in total. The summed E-state index contributed by atoms with van der Waals surface area (Å²) in [5.74, 6) is 0.758. The van der Waals surface area contributed by atoms with Gasteiger partial charge in [-0.05, 0) is 18.3 Å². The second kappa shape index (κ2) is 6.27. The number of thioether (sulfide) groups is 1. The fraction of sp³-hybridized carbons (Fsp3) is 0.692. The summed E-state index contributed by atoms with van der Waals surface area (Å²) in [6.45, 7) is 3.30. The molecule has 1 aromatic heterocycles. The molecule has 2 unspecified atom stereocenters. The first kappa shape index (κ1) is 13.5. The van der Waals surface area contributed by atoms with E-state index in [4.69, 9.17) is 5.11 Å². The number of aliphatic carboxylic acids is 1. The Morgan fingerprint density at radius 1 is 1.56 bits per heavy atom. The topological polar surface area (TPSA) is 55.1 Å². The minimum absolute atomic E-state index is 0.0806. The molecule has 0 spiro atoms. The average molecular weight is 268 g/mol. The van der Waals surface area contributed by atoms with Crippen molar-refractivity contribution in [1.82, 2.24) is 9.55 Å². The molecule has 1 aliphatic carbocycles. The highest BCUT2D eigenvalue weighted by Crippen LogP contribution is 2.31. The van der Waals surface area contributed by atoms with Crippen LogP contribution in [-0.2, 0) is 11.3 Å². The minimum Gasteiger partial charge on any atom is -0.481 e. The third-order valence-corrected chi connectivity index (χ3v) is 4.71. The lowest BCUT2D eigenvalue weighted by Gasteiger charge is -2.29. The van der Waals surface area contributed by atoms with Gasteiger partial charge in [-0.15, -0.1) is 0 Å². The molecule has 1 fully saturated rings. The van der Waals surface area contributed by atoms with Crippen LogP contribution in [0.25, 0.3) is 0 Å². The van der Waals surface area contributed by atoms with E-state index < -0.39 is 5.97 Å². The highest BCUT2D eigenvalue weighted by Gasteiger charge is 2.22. The number of imidazole rings is 1. The van der Waals surface area contributed by atoms with Gasteiger partial charge in [0.05, 0.1) is 5.75 Å². The monoisotopic (exact) mass is 268 g/mol. The van der Waals surface area contributed by atoms with Crippen molar-refractivity contribution in [3.8, 4) is 0 Å². The van der Waals surface area contributed by atoms with Crippen LogP contribution in [0.15, 0.2) is 17.6 Å². The third kappa shape index (κ3) is 3.51. The smallest absolute Gasteiger partial charge is 0.313 e. The molecule has 1 heterocycles. The van der Waals surface area contributed by atoms with Crippen molar-refractivity contribution in [2.24, 2.45) is 11.8 Å². The number of aromatic nitrogens is 2. The molecule has 18 heavy (non-hydrogen) atoms. The highest BCUT2D eigenvalue weighted by molar-refractivity contribution is 7.99. The van der Waals surface area contributed by atoms with Crippen molar-refractivity contribution >= 4 is 17.7 Å². The normalized spacial score (nSPS) is 24.1. The first-order chi connectivity index (χ1) is 8.66. The molecule has 0 aliphatic heterocycles. The zero-order valence-corrected chi connectivity index (χ0v) is 11.5. The van der Waals surface area contributed by atoms with Crippen LogP contribution in [0.4, 0.5) is 0 Å². The van der Waals surface area contributed by atoms with Gasteiger partial charge in [0, 0.05) is 18.9 Å². The summed E-state index contributed by atoms with van der Waals surface area (Å²) in [5, 5.41) is 9.54. The quantitative estimate of drug-likeness (QED) is 0.834. The molecule has 0 bridgehead atoms. The van der Waals surface area contributed by atoms with Gasteiger partial charge in [-0.1, -0.05) is 37.9 Å². The van der Waals surface area contributed by atoms with Gasteiger partial charge in [-0.25, -0.2) is 4.98 Å². The molecule has 1 saturated carbocycles. The van der Waals surface area contributed by atoms with E-state index in [0.717, 1.165) is 17.6 Å². The SMILES string of the molecule is CC1CCCCC1Cn1ccnc1SCC(=O)O. The van der Waals surface area contributed by atoms with E-state index in [2.05, 4.69) is 16.5 Å². The van der Waals surface area contributed by atoms with Crippen LogP contribution in [0.1, 0.15) is 32.6 Å². The molecule has 5 heteroatoms. The van der Waals surface area contributed by atoms with Crippen LogP contribution in [0.2, 0.25) is 0 Å². The van der Waals surface area contributed by atoms with Crippen LogP contribution < -0.4 is 0 Å². The molecular weight excluding hydrogens is 248 g/mol. The number of rotatable bonds is 5. The van der Waals surface area contributed by atoms with Gasteiger partial charge in [-0.2, -0.15) is 0 Å². The summed E-state index contributed by atoms with van der Waals surface area (Å²) in [7, 11) is 0. The molecule has 0 amide bonds. The fourth-order valence-corrected chi connectivity index (χ4v) is 3.31. The summed E-state index contributed by atoms with van der Waals surface area (Å²) < 4.78 is 2.11. The van der Waals surface area contributed by atoms with Crippen molar-refractivity contribution < 1.29 is 9.90 Å². The van der Waals surface area contributed by atoms with E-state index >= 15 is 0 Å². The Hall–Kier alpha value is -0.970. The zero-order chi connectivity index (χ0) is 13.0. The van der Waals surface area contributed by atoms with Crippen molar-refractivity contribution in [1.29, 1.82) is 0 Å². The molecule has 1 N–H and O–H groups in total. The summed E-state index contributed by atoms with van der Waals surface area (Å²) in [5.41, 5.74) is 0. The number of hydrogen-bond acceptors (Lipinski definition) is 3. The lowest BCUT2D eigenvalue weighted by molar-refractivity contribution is -0.133. The van der Waals surface area contributed by atoms with Gasteiger partial charge in [0.15, 0.2) is 5.16 Å². The first-order valence-corrected chi connectivity index (χ1v) is 7.51. The van der Waals surface area contributed by atoms with E-state index in [1.165, 1.54) is 37.4 Å². The maximum absolute atomic E-state index is 10.6. The predicted molar refractivity (Wildman–Crippen MR) is 71.7 cm³/mol. The van der Waals surface area contributed by atoms with Crippen molar-refractivity contribution in [2.45, 2.75) is 44.3 Å². The van der Waals surface area contributed by atoms with Crippen LogP contribution in [0.5, 0.6) is 0 Å². The molecule has 100 valence electrons. The third-order valence-electron chi connectivity index (χ3n) is 3.72. The Kier molecular flexibility index (Phi) is 4.69. The largest absolute Gasteiger partial charge is 0.481 e. The van der Waals surface area contributed by atoms with E-state index in [-0.39, 0.29) is 5.75 Å². The van der Waals surface area contributed by atoms with Gasteiger partial charge < -0.3 is 9.67 Å². The van der Waals surface area contributed by atoms with Crippen molar-refractivity contribution in [2.75, 3.05) is 5.75 Å². The van der Waals surface area contributed by atoms with Gasteiger partial charge in [0.1, 0.15) is 0 Å². The molecule has 0 saturated heterocycles. The highest BCUT2D eigenvalue weighted by atomic mass is 32.2. The lowest BCUT2D eigenvalue weighted by atomic mass is 9.80. The minimum atomic E-state index is -0.791. The van der Waals surface area contributed by atoms with Crippen LogP contribution in [0, 0.1) is 11.8 Å². The van der Waals surface area contributed by atoms with Crippen LogP contribution in [-0.4, -0.2) is 26.4 Å². The van der Waals surface area contributed by atoms with E-state index in [1.807, 2.05) is 6.20 Å². The van der Waals surface area contributed by atoms with Crippen molar-refractivity contribution in [3.05, 3.63) is 12.4 Å². The van der Waals surface area contributed by atoms with Crippen molar-refractivity contribution in [3.63, 3.8) is 0 Å². The lowest BCUT2D eigenvalue weighted by Crippen LogP contribution is -2.22. The molecule has 0 aromatic carbocycles. The number of carbonyl (C=O) groups is 1. The Bertz CT molecular complexity index is 405. The van der Waals surface area contributed by atoms with E-state index in [1.54, 1.807) is 6.20 Å². The Labute approximate surface area is 112 Å². The number of hydrogen-bond donors (Lipinski definition) is 1. The fourth-order valence-electron chi connectivity index (χ4n) is 2.62. The Morgan fingerprint density at radius 3 is 3.06 bits per heavy atom. The summed E-state index contributed by atoms with van der Waals surface area (Å²) in [4.78, 5) is 14.8. The molecule has 1 aliphatic rings. The molecule has 2 rings (SSSR count). The Morgan fingerprint density at radius 2 is 2.33 bits per heavy atom. The molecule has 2 atom stereocenters. The van der Waals surface area contributed by atoms with E-state index in [9.17, 15) is 4.79 Å². The van der Waals surface area contributed by atoms with Gasteiger partial charge in [-0.3, -0.25) is 4.79 Å². The van der Waals surface area contributed by atoms with Gasteiger partial charge in [0.25, 0.3) is 0 Å². The molecular formula is C13H20N2O2S. The van der Waals surface area contributed by atoms with Crippen LogP contribution in [0.3, 0.4) is 0 Å². The first-order valence-electron chi connectivity index (χ1n) is 6.52. The second-order valence-corrected chi connectivity index (χ2v) is 6.01. The number of carboxylic acids is 1. The van der Waals surface area contributed by atoms with Gasteiger partial charge in [0.2, 0.25) is 0 Å². The van der Waals surface area contributed by atoms with Crippen LogP contribution >= 0.6 is 11.8 Å². The summed E-state index contributed by atoms with van der Waals surface area (Å²) in [6.07, 6.45) is 8.99. The van der Waals surface area contributed by atoms with Gasteiger partial charge >= 0.3 is 5.97 Å². The zero-order valence-electron chi connectivity index (χ0n) is 10.7. The summed E-state index contributed by atoms with van der Waals surface area (Å²) >= 11 is 1.30. The predicted octanol–water partition coefficient (Wildman–Crippen LogP) is 2.89. The number of carboxylic acid groups (broad SMARTS) is 1. The molecule has 0 radical (unpaired) electrons. The average Bonchev–Trinajstić information content (AvgIpc) is 2.77. The second-order valence-electron chi connectivity index (χ2n) is 5.07. The maximum Gasteiger partial charge on any atom is 0.313 e. The standard InChI is InChI=1S/C13H20N2O2S/c1-10-4-2-3-5-11(10)8-15-7-6-14-13(15)18-9-12(16)17/h6-7,10-11H,2-5,8-9H2,1H3,(H,16,17). The Balaban J connectivity index is 1.96. The van der Waals surface area contributed by atoms with E-state index in [0.29, 0.717) is 5.92 Å². The maximum atomic E-state index is 10.6.